The van der Waals surface area contributed by atoms with Crippen molar-refractivity contribution in [3.63, 3.8) is 0 Å². The van der Waals surface area contributed by atoms with E-state index in [4.69, 9.17) is 9.15 Å². The highest BCUT2D eigenvalue weighted by Gasteiger charge is 2.44. The summed E-state index contributed by atoms with van der Waals surface area (Å²) in [6, 6.07) is 17.5. The van der Waals surface area contributed by atoms with E-state index in [1.54, 1.807) is 35.4 Å². The van der Waals surface area contributed by atoms with Gasteiger partial charge in [0.15, 0.2) is 5.43 Å². The molecule has 5 rings (SSSR count). The molecule has 1 aliphatic heterocycles. The molecule has 32 heavy (non-hydrogen) atoms. The number of pyridine rings is 1. The Balaban J connectivity index is 1.72. The average Bonchev–Trinajstić information content (AvgIpc) is 3.11. The summed E-state index contributed by atoms with van der Waals surface area (Å²) in [5.41, 5.74) is 2.27. The molecule has 0 aliphatic carbocycles. The second-order valence-electron chi connectivity index (χ2n) is 7.86. The molecule has 2 aromatic carbocycles. The van der Waals surface area contributed by atoms with Gasteiger partial charge in [-0.3, -0.25) is 14.5 Å². The van der Waals surface area contributed by atoms with Crippen molar-refractivity contribution in [1.82, 2.24) is 4.98 Å². The van der Waals surface area contributed by atoms with Crippen LogP contribution in [0, 0.1) is 6.92 Å². The molecule has 0 saturated heterocycles. The Hall–Kier alpha value is -3.93. The summed E-state index contributed by atoms with van der Waals surface area (Å²) >= 11 is 0. The molecule has 1 aliphatic rings. The number of benzene rings is 2. The topological polar surface area (TPSA) is 72.6 Å². The quantitative estimate of drug-likeness (QED) is 0.447. The number of nitrogens with zero attached hydrogens (tertiary/aromatic N) is 2. The minimum Gasteiger partial charge on any atom is -0.494 e. The number of carbonyl (C=O) groups is 1. The Bertz CT molecular complexity index is 1370. The minimum atomic E-state index is -0.645. The molecule has 1 atom stereocenters. The molecule has 0 N–H and O–H groups in total. The van der Waals surface area contributed by atoms with Crippen LogP contribution in [-0.2, 0) is 0 Å². The molecular formula is C26H22N2O4. The fraction of sp³-hybridized carbons (Fsp3) is 0.192. The lowest BCUT2D eigenvalue weighted by molar-refractivity contribution is 0.0970. The van der Waals surface area contributed by atoms with E-state index in [0.717, 1.165) is 23.3 Å². The van der Waals surface area contributed by atoms with Crippen LogP contribution in [0.1, 0.15) is 46.6 Å². The normalized spacial score (nSPS) is 15.2. The molecule has 1 amide bonds. The van der Waals surface area contributed by atoms with Crippen LogP contribution in [0.25, 0.3) is 11.0 Å². The number of para-hydroxylation sites is 1. The number of carbonyl (C=O) groups excluding carboxylic acids is 1. The second kappa shape index (κ2) is 7.96. The lowest BCUT2D eigenvalue weighted by Crippen LogP contribution is -2.30. The molecule has 2 aromatic heterocycles. The highest BCUT2D eigenvalue weighted by molar-refractivity contribution is 6.10. The first kappa shape index (κ1) is 20.0. The van der Waals surface area contributed by atoms with E-state index in [-0.39, 0.29) is 17.1 Å². The zero-order chi connectivity index (χ0) is 22.2. The Morgan fingerprint density at radius 3 is 2.59 bits per heavy atom. The fourth-order valence-corrected chi connectivity index (χ4v) is 4.09. The van der Waals surface area contributed by atoms with Crippen LogP contribution in [0.15, 0.2) is 76.1 Å². The monoisotopic (exact) mass is 426 g/mol. The van der Waals surface area contributed by atoms with Crippen molar-refractivity contribution in [1.29, 1.82) is 0 Å². The predicted octanol–water partition coefficient (Wildman–Crippen LogP) is 5.04. The van der Waals surface area contributed by atoms with Gasteiger partial charge < -0.3 is 9.15 Å². The molecule has 0 bridgehead atoms. The maximum Gasteiger partial charge on any atom is 0.296 e. The third kappa shape index (κ3) is 3.24. The van der Waals surface area contributed by atoms with Crippen molar-refractivity contribution in [3.05, 3.63) is 99.5 Å². The van der Waals surface area contributed by atoms with E-state index in [9.17, 15) is 9.59 Å². The van der Waals surface area contributed by atoms with E-state index in [1.807, 2.05) is 50.2 Å². The van der Waals surface area contributed by atoms with Crippen LogP contribution in [0.2, 0.25) is 0 Å². The Morgan fingerprint density at radius 1 is 1.06 bits per heavy atom. The zero-order valence-corrected chi connectivity index (χ0v) is 17.9. The standard InChI is InChI=1S/C26H22N2O4/c1-3-14-31-18-10-8-17(9-11-18)23-22-24(29)19-6-4-5-7-20(19)32-25(22)26(30)28(23)21-15-16(2)12-13-27-21/h4-13,15,23H,3,14H2,1-2H3/t23-/m0/s1. The van der Waals surface area contributed by atoms with Crippen molar-refractivity contribution >= 4 is 22.7 Å². The first-order valence-electron chi connectivity index (χ1n) is 10.6. The molecule has 3 heterocycles. The maximum absolute atomic E-state index is 13.5. The number of aromatic nitrogens is 1. The molecule has 0 spiro atoms. The molecule has 4 aromatic rings. The molecular weight excluding hydrogens is 404 g/mol. The van der Waals surface area contributed by atoms with Crippen LogP contribution in [0.4, 0.5) is 5.82 Å². The summed E-state index contributed by atoms with van der Waals surface area (Å²) in [6.07, 6.45) is 2.57. The number of fused-ring (bicyclic) bond motifs is 2. The van der Waals surface area contributed by atoms with Gasteiger partial charge in [0.05, 0.1) is 23.6 Å². The molecule has 6 nitrogen and oxygen atoms in total. The Kier molecular flexibility index (Phi) is 4.98. The van der Waals surface area contributed by atoms with Gasteiger partial charge in [0.2, 0.25) is 5.76 Å². The number of anilines is 1. The number of aryl methyl sites for hydroxylation is 1. The summed E-state index contributed by atoms with van der Waals surface area (Å²) in [4.78, 5) is 33.0. The Labute approximate surface area is 185 Å². The molecule has 0 unspecified atom stereocenters. The van der Waals surface area contributed by atoms with Gasteiger partial charge in [-0.1, -0.05) is 31.2 Å². The predicted molar refractivity (Wildman–Crippen MR) is 122 cm³/mol. The van der Waals surface area contributed by atoms with E-state index in [0.29, 0.717) is 29.0 Å². The number of hydrogen-bond acceptors (Lipinski definition) is 5. The largest absolute Gasteiger partial charge is 0.494 e. The van der Waals surface area contributed by atoms with Gasteiger partial charge >= 0.3 is 0 Å². The van der Waals surface area contributed by atoms with Gasteiger partial charge in [0.25, 0.3) is 5.91 Å². The van der Waals surface area contributed by atoms with Gasteiger partial charge in [0, 0.05) is 6.20 Å². The number of ether oxygens (including phenoxy) is 1. The highest BCUT2D eigenvalue weighted by atomic mass is 16.5. The smallest absolute Gasteiger partial charge is 0.296 e. The lowest BCUT2D eigenvalue weighted by Gasteiger charge is -2.24. The fourth-order valence-electron chi connectivity index (χ4n) is 4.09. The van der Waals surface area contributed by atoms with Crippen molar-refractivity contribution < 1.29 is 13.9 Å². The Morgan fingerprint density at radius 2 is 1.84 bits per heavy atom. The van der Waals surface area contributed by atoms with Crippen LogP contribution in [0.5, 0.6) is 5.75 Å². The molecule has 160 valence electrons. The molecule has 0 radical (unpaired) electrons. The first-order valence-corrected chi connectivity index (χ1v) is 10.6. The summed E-state index contributed by atoms with van der Waals surface area (Å²) in [5, 5.41) is 0.450. The van der Waals surface area contributed by atoms with Crippen molar-refractivity contribution in [3.8, 4) is 5.75 Å². The van der Waals surface area contributed by atoms with Crippen LogP contribution in [0.3, 0.4) is 0 Å². The molecule has 0 saturated carbocycles. The third-order valence-electron chi connectivity index (χ3n) is 5.59. The number of rotatable bonds is 5. The summed E-state index contributed by atoms with van der Waals surface area (Å²) in [7, 11) is 0. The molecule has 6 heteroatoms. The van der Waals surface area contributed by atoms with Gasteiger partial charge in [-0.15, -0.1) is 0 Å². The van der Waals surface area contributed by atoms with Crippen molar-refractivity contribution in [2.24, 2.45) is 0 Å². The number of amides is 1. The summed E-state index contributed by atoms with van der Waals surface area (Å²) in [6.45, 7) is 4.61. The van der Waals surface area contributed by atoms with E-state index in [2.05, 4.69) is 4.98 Å². The summed E-state index contributed by atoms with van der Waals surface area (Å²) < 4.78 is 11.7. The van der Waals surface area contributed by atoms with Crippen LogP contribution in [-0.4, -0.2) is 17.5 Å². The number of hydrogen-bond donors (Lipinski definition) is 0. The lowest BCUT2D eigenvalue weighted by atomic mass is 9.98. The maximum atomic E-state index is 13.5. The van der Waals surface area contributed by atoms with Gasteiger partial charge in [-0.25, -0.2) is 4.98 Å². The SMILES string of the molecule is CCCOc1ccc([C@H]2c3c(oc4ccccc4c3=O)C(=O)N2c2cc(C)ccn2)cc1. The van der Waals surface area contributed by atoms with Gasteiger partial charge in [0.1, 0.15) is 17.2 Å². The second-order valence-corrected chi connectivity index (χ2v) is 7.86. The van der Waals surface area contributed by atoms with Gasteiger partial charge in [-0.2, -0.15) is 0 Å². The third-order valence-corrected chi connectivity index (χ3v) is 5.59. The highest BCUT2D eigenvalue weighted by Crippen LogP contribution is 2.41. The van der Waals surface area contributed by atoms with E-state index in [1.165, 1.54) is 0 Å². The summed E-state index contributed by atoms with van der Waals surface area (Å²) in [5.74, 6) is 0.901. The minimum absolute atomic E-state index is 0.0633. The molecule has 0 fully saturated rings. The van der Waals surface area contributed by atoms with Crippen molar-refractivity contribution in [2.75, 3.05) is 11.5 Å². The first-order chi connectivity index (χ1) is 15.6. The average molecular weight is 426 g/mol. The van der Waals surface area contributed by atoms with Gasteiger partial charge in [-0.05, 0) is 60.9 Å². The van der Waals surface area contributed by atoms with Crippen LogP contribution >= 0.6 is 0 Å². The van der Waals surface area contributed by atoms with Crippen molar-refractivity contribution in [2.45, 2.75) is 26.3 Å². The zero-order valence-electron chi connectivity index (χ0n) is 17.9. The van der Waals surface area contributed by atoms with E-state index >= 15 is 0 Å². The van der Waals surface area contributed by atoms with Crippen LogP contribution < -0.4 is 15.1 Å². The van der Waals surface area contributed by atoms with E-state index < -0.39 is 6.04 Å².